The Balaban J connectivity index is 1.95. The monoisotopic (exact) mass is 341 g/mol. The molecule has 0 spiro atoms. The second-order valence-corrected chi connectivity index (χ2v) is 6.37. The molecule has 1 fully saturated rings. The summed E-state index contributed by atoms with van der Waals surface area (Å²) in [5.41, 5.74) is 1.25. The van der Waals surface area contributed by atoms with E-state index in [4.69, 9.17) is 11.6 Å². The minimum absolute atomic E-state index is 0.122. The number of carbonyl (C=O) groups is 2. The molecule has 0 bridgehead atoms. The smallest absolute Gasteiger partial charge is 0.299 e. The lowest BCUT2D eigenvalue weighted by molar-refractivity contribution is -0.114. The molecule has 1 aliphatic heterocycles. The molecule has 1 aromatic carbocycles. The van der Waals surface area contributed by atoms with E-state index in [1.165, 1.54) is 6.42 Å². The Hall–Kier alpha value is -0.870. The number of ketones is 1. The summed E-state index contributed by atoms with van der Waals surface area (Å²) in [6.07, 6.45) is 3.38. The maximum Gasteiger partial charge on any atom is 0.299 e. The van der Waals surface area contributed by atoms with Crippen LogP contribution in [-0.4, -0.2) is 23.6 Å². The molecule has 3 nitrogen and oxygen atoms in total. The van der Waals surface area contributed by atoms with Gasteiger partial charge in [0.2, 0.25) is 0 Å². The quantitative estimate of drug-likeness (QED) is 0.623. The van der Waals surface area contributed by atoms with Crippen LogP contribution in [0.2, 0.25) is 5.02 Å². The fourth-order valence-corrected chi connectivity index (χ4v) is 3.69. The number of benzene rings is 1. The summed E-state index contributed by atoms with van der Waals surface area (Å²) in [5, 5.41) is 1.35. The highest BCUT2D eigenvalue weighted by Gasteiger charge is 2.43. The summed E-state index contributed by atoms with van der Waals surface area (Å²) >= 11 is 9.43. The molecule has 0 atom stereocenters. The van der Waals surface area contributed by atoms with Gasteiger partial charge in [-0.3, -0.25) is 9.59 Å². The van der Waals surface area contributed by atoms with Crippen molar-refractivity contribution in [3.63, 3.8) is 0 Å². The van der Waals surface area contributed by atoms with Crippen molar-refractivity contribution in [1.82, 2.24) is 0 Å². The predicted octanol–water partition coefficient (Wildman–Crippen LogP) is 3.43. The van der Waals surface area contributed by atoms with Crippen molar-refractivity contribution in [2.75, 3.05) is 16.8 Å². The Bertz CT molecular complexity index is 563. The number of alkyl halides is 1. The third kappa shape index (κ3) is 2.01. The third-order valence-electron chi connectivity index (χ3n) is 4.12. The van der Waals surface area contributed by atoms with Crippen LogP contribution in [0.4, 0.5) is 5.69 Å². The van der Waals surface area contributed by atoms with Gasteiger partial charge in [-0.2, -0.15) is 0 Å². The van der Waals surface area contributed by atoms with Crippen LogP contribution in [0.5, 0.6) is 0 Å². The van der Waals surface area contributed by atoms with E-state index in [0.717, 1.165) is 18.2 Å². The Morgan fingerprint density at radius 1 is 1.32 bits per heavy atom. The molecule has 1 aliphatic carbocycles. The van der Waals surface area contributed by atoms with E-state index in [-0.39, 0.29) is 5.41 Å². The first-order valence-corrected chi connectivity index (χ1v) is 7.78. The highest BCUT2D eigenvalue weighted by Crippen LogP contribution is 2.45. The van der Waals surface area contributed by atoms with Crippen molar-refractivity contribution < 1.29 is 9.59 Å². The molecule has 0 N–H and O–H groups in total. The van der Waals surface area contributed by atoms with Gasteiger partial charge in [-0.05, 0) is 36.5 Å². The minimum Gasteiger partial charge on any atom is -0.304 e. The first-order valence-electron chi connectivity index (χ1n) is 6.28. The number of rotatable bonds is 3. The zero-order valence-electron chi connectivity index (χ0n) is 10.3. The Labute approximate surface area is 125 Å². The van der Waals surface area contributed by atoms with Gasteiger partial charge in [-0.1, -0.05) is 34.0 Å². The first-order chi connectivity index (χ1) is 9.06. The summed E-state index contributed by atoms with van der Waals surface area (Å²) in [5.74, 6) is -0.869. The predicted molar refractivity (Wildman–Crippen MR) is 78.2 cm³/mol. The van der Waals surface area contributed by atoms with Crippen LogP contribution in [0.15, 0.2) is 18.2 Å². The number of carbonyl (C=O) groups excluding carboxylic acids is 2. The first kappa shape index (κ1) is 13.1. The van der Waals surface area contributed by atoms with Crippen LogP contribution >= 0.6 is 27.5 Å². The van der Waals surface area contributed by atoms with Crippen LogP contribution in [0.1, 0.15) is 29.6 Å². The minimum atomic E-state index is -0.443. The number of nitrogens with zero attached hydrogens (tertiary/aromatic N) is 1. The molecule has 0 radical (unpaired) electrons. The number of anilines is 1. The molecule has 1 amide bonds. The van der Waals surface area contributed by atoms with Crippen LogP contribution in [0, 0.1) is 5.41 Å². The third-order valence-corrected chi connectivity index (χ3v) is 5.55. The highest BCUT2D eigenvalue weighted by molar-refractivity contribution is 9.09. The van der Waals surface area contributed by atoms with Gasteiger partial charge < -0.3 is 4.90 Å². The molecule has 19 heavy (non-hydrogen) atoms. The highest BCUT2D eigenvalue weighted by atomic mass is 79.9. The summed E-state index contributed by atoms with van der Waals surface area (Å²) in [7, 11) is 0. The van der Waals surface area contributed by atoms with Crippen LogP contribution in [0.25, 0.3) is 0 Å². The van der Waals surface area contributed by atoms with Gasteiger partial charge in [-0.25, -0.2) is 0 Å². The average molecular weight is 343 g/mol. The fourth-order valence-electron chi connectivity index (χ4n) is 2.78. The van der Waals surface area contributed by atoms with E-state index < -0.39 is 11.7 Å². The number of hydrogen-bond donors (Lipinski definition) is 0. The molecule has 0 aromatic heterocycles. The SMILES string of the molecule is O=C1C(=O)N(CC2(CBr)CCC2)c2ccc(Cl)cc21. The number of halogens is 2. The van der Waals surface area contributed by atoms with E-state index in [1.54, 1.807) is 23.1 Å². The summed E-state index contributed by atoms with van der Waals surface area (Å²) in [6, 6.07) is 5.07. The van der Waals surface area contributed by atoms with Crippen LogP contribution in [-0.2, 0) is 4.79 Å². The Morgan fingerprint density at radius 3 is 2.63 bits per heavy atom. The van der Waals surface area contributed by atoms with E-state index in [1.807, 2.05) is 0 Å². The zero-order chi connectivity index (χ0) is 13.6. The second-order valence-electron chi connectivity index (χ2n) is 5.37. The van der Waals surface area contributed by atoms with Crippen LogP contribution in [0.3, 0.4) is 0 Å². The Morgan fingerprint density at radius 2 is 2.05 bits per heavy atom. The standard InChI is InChI=1S/C14H13BrClNO2/c15-7-14(4-1-5-14)8-17-11-3-2-9(16)6-10(11)12(18)13(17)19/h2-3,6H,1,4-5,7-8H2. The van der Waals surface area contributed by atoms with Crippen LogP contribution < -0.4 is 4.90 Å². The second kappa shape index (κ2) is 4.60. The van der Waals surface area contributed by atoms with Gasteiger partial charge in [0.1, 0.15) is 0 Å². The summed E-state index contributed by atoms with van der Waals surface area (Å²) in [6.45, 7) is 0.609. The number of amides is 1. The van der Waals surface area contributed by atoms with E-state index in [2.05, 4.69) is 15.9 Å². The van der Waals surface area contributed by atoms with E-state index in [9.17, 15) is 9.59 Å². The van der Waals surface area contributed by atoms with Crippen molar-refractivity contribution in [3.05, 3.63) is 28.8 Å². The van der Waals surface area contributed by atoms with Gasteiger partial charge in [0.05, 0.1) is 11.3 Å². The molecule has 1 aromatic rings. The molecule has 2 aliphatic rings. The number of Topliss-reactive ketones (excluding diaryl/α,β-unsaturated/α-hetero) is 1. The van der Waals surface area contributed by atoms with Crippen molar-refractivity contribution in [2.24, 2.45) is 5.41 Å². The lowest BCUT2D eigenvalue weighted by atomic mass is 9.70. The molecule has 100 valence electrons. The normalized spacial score (nSPS) is 20.4. The fraction of sp³-hybridized carbons (Fsp3) is 0.429. The molecule has 1 saturated carbocycles. The van der Waals surface area contributed by atoms with Gasteiger partial charge >= 0.3 is 0 Å². The van der Waals surface area contributed by atoms with Crippen molar-refractivity contribution in [1.29, 1.82) is 0 Å². The average Bonchev–Trinajstić information content (AvgIpc) is 2.58. The number of fused-ring (bicyclic) bond motifs is 1. The van der Waals surface area contributed by atoms with Crippen molar-refractivity contribution >= 4 is 44.9 Å². The topological polar surface area (TPSA) is 37.4 Å². The van der Waals surface area contributed by atoms with Gasteiger partial charge in [0.15, 0.2) is 0 Å². The van der Waals surface area contributed by atoms with E-state index >= 15 is 0 Å². The maximum absolute atomic E-state index is 12.1. The molecule has 3 rings (SSSR count). The van der Waals surface area contributed by atoms with Crippen molar-refractivity contribution in [2.45, 2.75) is 19.3 Å². The molecular formula is C14H13BrClNO2. The molecular weight excluding hydrogens is 330 g/mol. The molecule has 1 heterocycles. The summed E-state index contributed by atoms with van der Waals surface area (Å²) in [4.78, 5) is 25.7. The number of hydrogen-bond acceptors (Lipinski definition) is 2. The zero-order valence-corrected chi connectivity index (χ0v) is 12.6. The van der Waals surface area contributed by atoms with Gasteiger partial charge in [-0.15, -0.1) is 0 Å². The summed E-state index contributed by atoms with van der Waals surface area (Å²) < 4.78 is 0. The lowest BCUT2D eigenvalue weighted by Crippen LogP contribution is -2.45. The van der Waals surface area contributed by atoms with Gasteiger partial charge in [0, 0.05) is 16.9 Å². The van der Waals surface area contributed by atoms with Gasteiger partial charge in [0.25, 0.3) is 11.7 Å². The van der Waals surface area contributed by atoms with E-state index in [0.29, 0.717) is 22.8 Å². The van der Waals surface area contributed by atoms with Crippen molar-refractivity contribution in [3.8, 4) is 0 Å². The molecule has 0 unspecified atom stereocenters. The molecule has 0 saturated heterocycles. The maximum atomic E-state index is 12.1. The largest absolute Gasteiger partial charge is 0.304 e. The molecule has 5 heteroatoms. The lowest BCUT2D eigenvalue weighted by Gasteiger charge is -2.43. The Kier molecular flexibility index (Phi) is 3.18.